The number of aliphatic hydroxyl groups is 6. The van der Waals surface area contributed by atoms with E-state index in [1.54, 1.807) is 0 Å². The van der Waals surface area contributed by atoms with E-state index in [-0.39, 0.29) is 32.8 Å². The molecular formula is C15H36N2O10. The van der Waals surface area contributed by atoms with E-state index in [1.165, 1.54) is 6.92 Å². The number of aliphatic carboxylic acids is 2. The number of carboxylic acids is 2. The molecular weight excluding hydrogens is 368 g/mol. The van der Waals surface area contributed by atoms with Crippen LogP contribution in [0.25, 0.3) is 0 Å². The summed E-state index contributed by atoms with van der Waals surface area (Å²) in [7, 11) is 5.66. The fraction of sp³-hybridized carbons (Fsp3) is 0.867. The number of hydrogen-bond acceptors (Lipinski definition) is 10. The second-order valence-corrected chi connectivity index (χ2v) is 6.35. The summed E-state index contributed by atoms with van der Waals surface area (Å²) in [6.45, 7) is 0.807. The zero-order chi connectivity index (χ0) is 22.6. The van der Waals surface area contributed by atoms with E-state index in [1.807, 2.05) is 21.1 Å². The fourth-order valence-electron chi connectivity index (χ4n) is 0.947. The number of rotatable bonds is 8. The summed E-state index contributed by atoms with van der Waals surface area (Å²) in [5, 5.41) is 66.8. The second kappa shape index (κ2) is 20.9. The van der Waals surface area contributed by atoms with E-state index in [0.29, 0.717) is 11.0 Å². The Kier molecular flexibility index (Phi) is 25.7. The van der Waals surface area contributed by atoms with Crippen LogP contribution < -0.4 is 10.8 Å². The van der Waals surface area contributed by atoms with Gasteiger partial charge < -0.3 is 55.9 Å². The van der Waals surface area contributed by atoms with E-state index < -0.39 is 30.3 Å². The van der Waals surface area contributed by atoms with Gasteiger partial charge in [-0.25, -0.2) is 0 Å². The largest absolute Gasteiger partial charge is 0.550 e. The number of likely N-dealkylation sites (N-methyl/N-ethyl adjacent to an activating group) is 1. The van der Waals surface area contributed by atoms with Gasteiger partial charge in [0.1, 0.15) is 18.8 Å². The van der Waals surface area contributed by atoms with Crippen molar-refractivity contribution in [2.24, 2.45) is 5.73 Å². The molecule has 166 valence electrons. The summed E-state index contributed by atoms with van der Waals surface area (Å²) in [5.41, 5.74) is 4.57. The van der Waals surface area contributed by atoms with Crippen LogP contribution in [0.2, 0.25) is 0 Å². The number of carbonyl (C=O) groups is 2. The van der Waals surface area contributed by atoms with Crippen molar-refractivity contribution in [3.05, 3.63) is 0 Å². The van der Waals surface area contributed by atoms with E-state index in [9.17, 15) is 14.7 Å². The molecule has 0 aromatic carbocycles. The maximum Gasteiger partial charge on any atom is 0.317 e. The highest BCUT2D eigenvalue weighted by Crippen LogP contribution is 1.97. The molecule has 27 heavy (non-hydrogen) atoms. The quantitative estimate of drug-likeness (QED) is 0.179. The molecule has 9 N–H and O–H groups in total. The van der Waals surface area contributed by atoms with E-state index in [4.69, 9.17) is 35.7 Å². The van der Waals surface area contributed by atoms with Crippen LogP contribution in [0.4, 0.5) is 0 Å². The molecule has 0 aliphatic rings. The first-order chi connectivity index (χ1) is 12.2. The van der Waals surface area contributed by atoms with Gasteiger partial charge in [0.15, 0.2) is 0 Å². The van der Waals surface area contributed by atoms with Gasteiger partial charge in [0, 0.05) is 12.4 Å². The molecule has 12 heteroatoms. The predicted octanol–water partition coefficient (Wildman–Crippen LogP) is -5.09. The van der Waals surface area contributed by atoms with Crippen LogP contribution in [-0.4, -0.2) is 125 Å². The number of hydrogen-bond donors (Lipinski definition) is 8. The Balaban J connectivity index is -0.000000141. The van der Waals surface area contributed by atoms with Crippen molar-refractivity contribution in [1.82, 2.24) is 0 Å². The number of aliphatic hydroxyl groups excluding tert-OH is 6. The van der Waals surface area contributed by atoms with Crippen molar-refractivity contribution < 1.29 is 54.9 Å². The summed E-state index contributed by atoms with van der Waals surface area (Å²) in [5.74, 6) is -2.17. The lowest BCUT2D eigenvalue weighted by Gasteiger charge is -2.26. The van der Waals surface area contributed by atoms with Crippen molar-refractivity contribution in [2.45, 2.75) is 31.7 Å². The molecule has 0 spiro atoms. The highest BCUT2D eigenvalue weighted by atomic mass is 16.4. The molecule has 0 aromatic heterocycles. The first-order valence-electron chi connectivity index (χ1n) is 7.95. The lowest BCUT2D eigenvalue weighted by molar-refractivity contribution is -0.873. The Bertz CT molecular complexity index is 344. The van der Waals surface area contributed by atoms with Gasteiger partial charge in [-0.3, -0.25) is 4.79 Å². The summed E-state index contributed by atoms with van der Waals surface area (Å²) >= 11 is 0. The van der Waals surface area contributed by atoms with E-state index >= 15 is 0 Å². The lowest BCUT2D eigenvalue weighted by Crippen LogP contribution is -2.43. The van der Waals surface area contributed by atoms with Crippen LogP contribution in [0.15, 0.2) is 0 Å². The normalized spacial score (nSPS) is 12.3. The second-order valence-electron chi connectivity index (χ2n) is 6.35. The Morgan fingerprint density at radius 2 is 1.30 bits per heavy atom. The third kappa shape index (κ3) is 51.6. The highest BCUT2D eigenvalue weighted by molar-refractivity contribution is 5.68. The molecule has 0 aliphatic heterocycles. The summed E-state index contributed by atoms with van der Waals surface area (Å²) in [6.07, 6.45) is -2.60. The number of quaternary nitrogens is 1. The maximum atomic E-state index is 10.0. The molecule has 0 fully saturated rings. The van der Waals surface area contributed by atoms with Gasteiger partial charge in [-0.2, -0.15) is 0 Å². The number of carboxylic acid groups (broad SMARTS) is 2. The Hall–Kier alpha value is -1.38. The smallest absolute Gasteiger partial charge is 0.317 e. The molecule has 0 heterocycles. The lowest BCUT2D eigenvalue weighted by atomic mass is 10.2. The topological polar surface area (TPSA) is 225 Å². The molecule has 0 rings (SSSR count). The van der Waals surface area contributed by atoms with Gasteiger partial charge in [-0.05, 0) is 6.92 Å². The first kappa shape index (κ1) is 33.2. The van der Waals surface area contributed by atoms with Crippen molar-refractivity contribution in [3.63, 3.8) is 0 Å². The van der Waals surface area contributed by atoms with Gasteiger partial charge in [0.2, 0.25) is 0 Å². The molecule has 0 bridgehead atoms. The van der Waals surface area contributed by atoms with Crippen LogP contribution in [-0.2, 0) is 9.59 Å². The minimum absolute atomic E-state index is 0.139. The van der Waals surface area contributed by atoms with Crippen molar-refractivity contribution in [3.8, 4) is 0 Å². The molecule has 2 atom stereocenters. The maximum absolute atomic E-state index is 10.0. The molecule has 2 unspecified atom stereocenters. The zero-order valence-corrected chi connectivity index (χ0v) is 16.4. The number of carbonyl (C=O) groups excluding carboxylic acids is 1. The predicted molar refractivity (Wildman–Crippen MR) is 94.2 cm³/mol. The van der Waals surface area contributed by atoms with E-state index in [2.05, 4.69) is 5.73 Å². The molecule has 0 radical (unpaired) electrons. The monoisotopic (exact) mass is 404 g/mol. The highest BCUT2D eigenvalue weighted by Gasteiger charge is 2.14. The standard InChI is InChI=1S/C7H15NO3.C3H8O3.C3H8O2.C2H5NO2/c1-8(2,3)5-6(9)4-7(10)11;4-1-3(6)2-5;1-3(5)2-4;3-1-2(4)5/h6,9H,4-5H2,1-3H3;3-6H,1-2H2;3-5H,2H2,1H3;1,3H2,(H,4,5). The third-order valence-corrected chi connectivity index (χ3v) is 2.02. The van der Waals surface area contributed by atoms with Gasteiger partial charge in [-0.15, -0.1) is 0 Å². The SMILES string of the molecule is CC(O)CO.C[N+](C)(C)CC(O)CC(=O)[O-].NCC(=O)O.OCC(O)CO. The minimum atomic E-state index is -1.20. The first-order valence-corrected chi connectivity index (χ1v) is 7.95. The van der Waals surface area contributed by atoms with Crippen LogP contribution >= 0.6 is 0 Å². The van der Waals surface area contributed by atoms with Gasteiger partial charge in [0.05, 0.1) is 53.6 Å². The average Bonchev–Trinajstić information content (AvgIpc) is 2.53. The Labute approximate surface area is 159 Å². The van der Waals surface area contributed by atoms with Crippen LogP contribution in [0, 0.1) is 0 Å². The number of nitrogens with zero attached hydrogens (tertiary/aromatic N) is 1. The van der Waals surface area contributed by atoms with Crippen LogP contribution in [0.1, 0.15) is 13.3 Å². The molecule has 0 saturated heterocycles. The summed E-state index contributed by atoms with van der Waals surface area (Å²) < 4.78 is 0.550. The van der Waals surface area contributed by atoms with Crippen molar-refractivity contribution in [2.75, 3.05) is 54.1 Å². The third-order valence-electron chi connectivity index (χ3n) is 2.02. The molecule has 12 nitrogen and oxygen atoms in total. The molecule has 0 saturated carbocycles. The van der Waals surface area contributed by atoms with Crippen LogP contribution in [0.3, 0.4) is 0 Å². The molecule has 0 aromatic rings. The zero-order valence-electron chi connectivity index (χ0n) is 16.4. The Morgan fingerprint density at radius 1 is 0.963 bits per heavy atom. The fourth-order valence-corrected chi connectivity index (χ4v) is 0.947. The number of nitrogens with two attached hydrogens (primary N) is 1. The summed E-state index contributed by atoms with van der Waals surface area (Å²) in [6, 6.07) is 0. The summed E-state index contributed by atoms with van der Waals surface area (Å²) in [4.78, 5) is 19.3. The average molecular weight is 404 g/mol. The van der Waals surface area contributed by atoms with Gasteiger partial charge in [0.25, 0.3) is 0 Å². The van der Waals surface area contributed by atoms with Gasteiger partial charge in [-0.1, -0.05) is 0 Å². The Morgan fingerprint density at radius 3 is 1.41 bits per heavy atom. The van der Waals surface area contributed by atoms with Crippen LogP contribution in [0.5, 0.6) is 0 Å². The van der Waals surface area contributed by atoms with Gasteiger partial charge >= 0.3 is 5.97 Å². The van der Waals surface area contributed by atoms with E-state index in [0.717, 1.165) is 0 Å². The molecule has 0 aliphatic carbocycles. The van der Waals surface area contributed by atoms with Crippen molar-refractivity contribution >= 4 is 11.9 Å². The molecule has 0 amide bonds. The van der Waals surface area contributed by atoms with Crippen molar-refractivity contribution in [1.29, 1.82) is 0 Å². The minimum Gasteiger partial charge on any atom is -0.550 e.